The van der Waals surface area contributed by atoms with Crippen LogP contribution in [-0.4, -0.2) is 52.8 Å². The number of nitrogens with zero attached hydrogens (tertiary/aromatic N) is 2. The summed E-state index contributed by atoms with van der Waals surface area (Å²) in [6.07, 6.45) is 9.14. The van der Waals surface area contributed by atoms with Gasteiger partial charge in [-0.3, -0.25) is 9.59 Å². The van der Waals surface area contributed by atoms with Crippen LogP contribution >= 0.6 is 0 Å². The number of benzene rings is 1. The van der Waals surface area contributed by atoms with Gasteiger partial charge in [0.2, 0.25) is 5.91 Å². The Kier molecular flexibility index (Phi) is 4.61. The van der Waals surface area contributed by atoms with Gasteiger partial charge in [-0.2, -0.15) is 0 Å². The number of hydrogen-bond acceptors (Lipinski definition) is 2. The molecule has 2 aliphatic carbocycles. The zero-order chi connectivity index (χ0) is 19.1. The molecule has 2 aromatic rings. The van der Waals surface area contributed by atoms with Crippen molar-refractivity contribution in [2.75, 3.05) is 26.2 Å². The highest BCUT2D eigenvalue weighted by atomic mass is 16.2. The Bertz CT molecular complexity index is 902. The topological polar surface area (TPSA) is 56.4 Å². The summed E-state index contributed by atoms with van der Waals surface area (Å²) < 4.78 is 0. The van der Waals surface area contributed by atoms with E-state index < -0.39 is 0 Å². The Morgan fingerprint density at radius 2 is 1.61 bits per heavy atom. The summed E-state index contributed by atoms with van der Waals surface area (Å²) in [4.78, 5) is 33.1. The first-order valence-corrected chi connectivity index (χ1v) is 10.9. The molecule has 5 rings (SSSR count). The molecular formula is C23H29N3O2. The highest BCUT2D eigenvalue weighted by Crippen LogP contribution is 2.30. The van der Waals surface area contributed by atoms with Crippen molar-refractivity contribution in [2.24, 2.45) is 5.92 Å². The summed E-state index contributed by atoms with van der Waals surface area (Å²) in [5, 5.41) is 1.22. The normalized spacial score (nSPS) is 20.6. The van der Waals surface area contributed by atoms with Crippen molar-refractivity contribution in [1.82, 2.24) is 14.8 Å². The molecule has 2 heterocycles. The number of aryl methyl sites for hydroxylation is 2. The fraction of sp³-hybridized carbons (Fsp3) is 0.565. The van der Waals surface area contributed by atoms with Crippen molar-refractivity contribution in [3.05, 3.63) is 35.0 Å². The molecule has 2 fully saturated rings. The maximum atomic E-state index is 13.1. The number of rotatable bonds is 2. The second-order valence-electron chi connectivity index (χ2n) is 8.65. The second-order valence-corrected chi connectivity index (χ2v) is 8.65. The van der Waals surface area contributed by atoms with Crippen molar-refractivity contribution in [3.8, 4) is 0 Å². The van der Waals surface area contributed by atoms with Gasteiger partial charge >= 0.3 is 0 Å². The zero-order valence-corrected chi connectivity index (χ0v) is 16.5. The van der Waals surface area contributed by atoms with E-state index in [0.717, 1.165) is 36.8 Å². The lowest BCUT2D eigenvalue weighted by atomic mass is 9.95. The Morgan fingerprint density at radius 3 is 2.39 bits per heavy atom. The first-order chi connectivity index (χ1) is 13.7. The van der Waals surface area contributed by atoms with E-state index in [9.17, 15) is 9.59 Å². The standard InChI is InChI=1S/C23H29N3O2/c27-22(16-5-1-2-6-16)25-11-13-26(14-12-25)23(28)17-9-10-21-19(15-17)18-7-3-4-8-20(18)24-21/h9-10,15-16,24H,1-8,11-14H2. The minimum Gasteiger partial charge on any atom is -0.358 e. The third-order valence-corrected chi connectivity index (χ3v) is 6.93. The van der Waals surface area contributed by atoms with Gasteiger partial charge in [0.15, 0.2) is 0 Å². The Balaban J connectivity index is 1.28. The Hall–Kier alpha value is -2.30. The first-order valence-electron chi connectivity index (χ1n) is 10.9. The zero-order valence-electron chi connectivity index (χ0n) is 16.5. The molecule has 0 radical (unpaired) electrons. The number of aromatic amines is 1. The van der Waals surface area contributed by atoms with Crippen molar-refractivity contribution >= 4 is 22.7 Å². The predicted molar refractivity (Wildman–Crippen MR) is 109 cm³/mol. The maximum Gasteiger partial charge on any atom is 0.253 e. The number of carbonyl (C=O) groups excluding carboxylic acids is 2. The van der Waals surface area contributed by atoms with Gasteiger partial charge in [-0.1, -0.05) is 12.8 Å². The number of amides is 2. The van der Waals surface area contributed by atoms with Gasteiger partial charge in [0.25, 0.3) is 5.91 Å². The molecule has 3 aliphatic rings. The van der Waals surface area contributed by atoms with E-state index in [1.165, 1.54) is 42.3 Å². The molecule has 28 heavy (non-hydrogen) atoms. The van der Waals surface area contributed by atoms with E-state index >= 15 is 0 Å². The highest BCUT2D eigenvalue weighted by molar-refractivity contribution is 5.99. The molecule has 1 aromatic carbocycles. The molecule has 1 saturated carbocycles. The quantitative estimate of drug-likeness (QED) is 0.868. The molecule has 148 valence electrons. The fourth-order valence-corrected chi connectivity index (χ4v) is 5.28. The number of nitrogens with one attached hydrogen (secondary N) is 1. The number of H-pyrrole nitrogens is 1. The van der Waals surface area contributed by atoms with Gasteiger partial charge in [0.1, 0.15) is 0 Å². The van der Waals surface area contributed by atoms with Crippen LogP contribution in [0.2, 0.25) is 0 Å². The summed E-state index contributed by atoms with van der Waals surface area (Å²) in [5.41, 5.74) is 4.68. The molecule has 5 nitrogen and oxygen atoms in total. The minimum absolute atomic E-state index is 0.0978. The van der Waals surface area contributed by atoms with Crippen molar-refractivity contribution in [1.29, 1.82) is 0 Å². The molecule has 0 unspecified atom stereocenters. The van der Waals surface area contributed by atoms with Crippen LogP contribution in [0.5, 0.6) is 0 Å². The smallest absolute Gasteiger partial charge is 0.253 e. The van der Waals surface area contributed by atoms with Crippen molar-refractivity contribution in [3.63, 3.8) is 0 Å². The van der Waals surface area contributed by atoms with Crippen LogP contribution in [0.25, 0.3) is 10.9 Å². The molecular weight excluding hydrogens is 350 g/mol. The van der Waals surface area contributed by atoms with E-state index in [0.29, 0.717) is 32.1 Å². The van der Waals surface area contributed by atoms with E-state index in [2.05, 4.69) is 17.1 Å². The Morgan fingerprint density at radius 1 is 0.893 bits per heavy atom. The van der Waals surface area contributed by atoms with Gasteiger partial charge < -0.3 is 14.8 Å². The minimum atomic E-state index is 0.0978. The van der Waals surface area contributed by atoms with Crippen LogP contribution < -0.4 is 0 Å². The van der Waals surface area contributed by atoms with Gasteiger partial charge in [0.05, 0.1) is 0 Å². The lowest BCUT2D eigenvalue weighted by Gasteiger charge is -2.36. The first kappa shape index (κ1) is 17.8. The van der Waals surface area contributed by atoms with Gasteiger partial charge in [-0.15, -0.1) is 0 Å². The van der Waals surface area contributed by atoms with Crippen LogP contribution in [0, 0.1) is 5.92 Å². The average Bonchev–Trinajstić information content (AvgIpc) is 3.40. The van der Waals surface area contributed by atoms with Crippen molar-refractivity contribution < 1.29 is 9.59 Å². The summed E-state index contributed by atoms with van der Waals surface area (Å²) in [7, 11) is 0. The van der Waals surface area contributed by atoms with Crippen molar-refractivity contribution in [2.45, 2.75) is 51.4 Å². The molecule has 1 saturated heterocycles. The summed E-state index contributed by atoms with van der Waals surface area (Å²) in [6.45, 7) is 2.62. The molecule has 0 spiro atoms. The van der Waals surface area contributed by atoms with Crippen LogP contribution in [-0.2, 0) is 17.6 Å². The number of aromatic nitrogens is 1. The van der Waals surface area contributed by atoms with E-state index in [1.54, 1.807) is 0 Å². The summed E-state index contributed by atoms with van der Waals surface area (Å²) in [6, 6.07) is 6.08. The summed E-state index contributed by atoms with van der Waals surface area (Å²) >= 11 is 0. The predicted octanol–water partition coefficient (Wildman–Crippen LogP) is 3.52. The van der Waals surface area contributed by atoms with Gasteiger partial charge in [0, 0.05) is 54.3 Å². The molecule has 0 bridgehead atoms. The second kappa shape index (κ2) is 7.26. The number of fused-ring (bicyclic) bond motifs is 3. The third-order valence-electron chi connectivity index (χ3n) is 6.93. The number of carbonyl (C=O) groups is 2. The lowest BCUT2D eigenvalue weighted by molar-refractivity contribution is -0.136. The molecule has 0 atom stereocenters. The van der Waals surface area contributed by atoms with Crippen LogP contribution in [0.3, 0.4) is 0 Å². The molecule has 5 heteroatoms. The maximum absolute atomic E-state index is 13.1. The van der Waals surface area contributed by atoms with Crippen LogP contribution in [0.15, 0.2) is 18.2 Å². The summed E-state index contributed by atoms with van der Waals surface area (Å²) in [5.74, 6) is 0.634. The van der Waals surface area contributed by atoms with E-state index in [1.807, 2.05) is 15.9 Å². The SMILES string of the molecule is O=C(c1ccc2[nH]c3c(c2c1)CCCC3)N1CCN(C(=O)C2CCCC2)CC1. The monoisotopic (exact) mass is 379 g/mol. The fourth-order valence-electron chi connectivity index (χ4n) is 5.28. The van der Waals surface area contributed by atoms with Gasteiger partial charge in [-0.05, 0) is 62.3 Å². The largest absolute Gasteiger partial charge is 0.358 e. The molecule has 1 N–H and O–H groups in total. The third kappa shape index (κ3) is 3.11. The number of hydrogen-bond donors (Lipinski definition) is 1. The van der Waals surface area contributed by atoms with Crippen LogP contribution in [0.1, 0.15) is 60.1 Å². The van der Waals surface area contributed by atoms with Gasteiger partial charge in [-0.25, -0.2) is 0 Å². The lowest BCUT2D eigenvalue weighted by Crippen LogP contribution is -2.51. The Labute approximate surface area is 166 Å². The van der Waals surface area contributed by atoms with E-state index in [-0.39, 0.29) is 11.8 Å². The van der Waals surface area contributed by atoms with E-state index in [4.69, 9.17) is 0 Å². The number of piperazine rings is 1. The molecule has 1 aliphatic heterocycles. The van der Waals surface area contributed by atoms with Crippen LogP contribution in [0.4, 0.5) is 0 Å². The highest BCUT2D eigenvalue weighted by Gasteiger charge is 2.31. The molecule has 2 amide bonds. The molecule has 1 aromatic heterocycles. The average molecular weight is 380 g/mol.